The molecule has 90 valence electrons. The smallest absolute Gasteiger partial charge is 0.332 e. The van der Waals surface area contributed by atoms with E-state index in [2.05, 4.69) is 9.97 Å². The fourth-order valence-electron chi connectivity index (χ4n) is 2.03. The second kappa shape index (κ2) is 3.73. The number of aryl methyl sites for hydroxylation is 1. The van der Waals surface area contributed by atoms with E-state index in [0.29, 0.717) is 16.9 Å². The highest BCUT2D eigenvalue weighted by Gasteiger charge is 2.11. The second-order valence-corrected chi connectivity index (χ2v) is 4.19. The van der Waals surface area contributed by atoms with Crippen LogP contribution in [0.3, 0.4) is 0 Å². The van der Waals surface area contributed by atoms with E-state index in [9.17, 15) is 4.79 Å². The van der Waals surface area contributed by atoms with E-state index < -0.39 is 0 Å². The SMILES string of the molecule is Cc1ccc(N)cc1-n1c(=O)[nH]c2cccnc21. The van der Waals surface area contributed by atoms with Crippen molar-refractivity contribution in [2.45, 2.75) is 6.92 Å². The van der Waals surface area contributed by atoms with Crippen LogP contribution in [0.1, 0.15) is 5.56 Å². The van der Waals surface area contributed by atoms with Gasteiger partial charge in [-0.25, -0.2) is 14.3 Å². The van der Waals surface area contributed by atoms with Crippen molar-refractivity contribution in [2.24, 2.45) is 0 Å². The molecule has 0 aliphatic heterocycles. The molecule has 0 spiro atoms. The predicted octanol–water partition coefficient (Wildman–Crippen LogP) is 1.60. The molecule has 0 radical (unpaired) electrons. The number of imidazole rings is 1. The van der Waals surface area contributed by atoms with E-state index in [1.54, 1.807) is 22.9 Å². The normalized spacial score (nSPS) is 10.9. The summed E-state index contributed by atoms with van der Waals surface area (Å²) in [5.41, 5.74) is 9.23. The molecular formula is C13H12N4O. The molecule has 3 N–H and O–H groups in total. The maximum absolute atomic E-state index is 12.0. The van der Waals surface area contributed by atoms with Crippen molar-refractivity contribution in [3.05, 3.63) is 52.6 Å². The Hall–Kier alpha value is -2.56. The van der Waals surface area contributed by atoms with Gasteiger partial charge in [0.25, 0.3) is 0 Å². The molecule has 0 bridgehead atoms. The van der Waals surface area contributed by atoms with Crippen LogP contribution < -0.4 is 11.4 Å². The van der Waals surface area contributed by atoms with Crippen LogP contribution in [0.25, 0.3) is 16.9 Å². The van der Waals surface area contributed by atoms with E-state index in [0.717, 1.165) is 11.3 Å². The lowest BCUT2D eigenvalue weighted by Gasteiger charge is -2.07. The van der Waals surface area contributed by atoms with Crippen LogP contribution >= 0.6 is 0 Å². The Kier molecular flexibility index (Phi) is 2.19. The van der Waals surface area contributed by atoms with Gasteiger partial charge >= 0.3 is 5.69 Å². The average molecular weight is 240 g/mol. The van der Waals surface area contributed by atoms with Crippen LogP contribution in [0.4, 0.5) is 5.69 Å². The van der Waals surface area contributed by atoms with Crippen LogP contribution in [-0.2, 0) is 0 Å². The number of aromatic amines is 1. The van der Waals surface area contributed by atoms with Crippen molar-refractivity contribution >= 4 is 16.9 Å². The quantitative estimate of drug-likeness (QED) is 0.634. The Morgan fingerprint density at radius 3 is 3.00 bits per heavy atom. The number of nitrogen functional groups attached to an aromatic ring is 1. The number of nitrogens with one attached hydrogen (secondary N) is 1. The molecule has 0 saturated carbocycles. The summed E-state index contributed by atoms with van der Waals surface area (Å²) in [6.45, 7) is 1.93. The molecule has 0 amide bonds. The first kappa shape index (κ1) is 10.6. The largest absolute Gasteiger partial charge is 0.399 e. The van der Waals surface area contributed by atoms with Crippen molar-refractivity contribution in [3.8, 4) is 5.69 Å². The van der Waals surface area contributed by atoms with Gasteiger partial charge in [0.1, 0.15) is 0 Å². The van der Waals surface area contributed by atoms with E-state index >= 15 is 0 Å². The highest BCUT2D eigenvalue weighted by Crippen LogP contribution is 2.19. The van der Waals surface area contributed by atoms with Gasteiger partial charge < -0.3 is 10.7 Å². The molecule has 0 atom stereocenters. The molecule has 0 aliphatic carbocycles. The third-order valence-electron chi connectivity index (χ3n) is 2.92. The number of aromatic nitrogens is 3. The summed E-state index contributed by atoms with van der Waals surface area (Å²) in [6.07, 6.45) is 1.66. The summed E-state index contributed by atoms with van der Waals surface area (Å²) >= 11 is 0. The standard InChI is InChI=1S/C13H12N4O/c1-8-4-5-9(14)7-11(8)17-12-10(16-13(17)18)3-2-6-15-12/h2-7H,14H2,1H3,(H,16,18). The number of benzene rings is 1. The molecule has 0 aliphatic rings. The van der Waals surface area contributed by atoms with Gasteiger partial charge in [0.2, 0.25) is 0 Å². The first-order valence-corrected chi connectivity index (χ1v) is 5.59. The summed E-state index contributed by atoms with van der Waals surface area (Å²) in [6, 6.07) is 9.08. The van der Waals surface area contributed by atoms with Crippen LogP contribution in [-0.4, -0.2) is 14.5 Å². The van der Waals surface area contributed by atoms with E-state index in [-0.39, 0.29) is 5.69 Å². The van der Waals surface area contributed by atoms with Gasteiger partial charge in [0.15, 0.2) is 5.65 Å². The number of hydrogen-bond acceptors (Lipinski definition) is 3. The van der Waals surface area contributed by atoms with Crippen molar-refractivity contribution in [3.63, 3.8) is 0 Å². The van der Waals surface area contributed by atoms with Gasteiger partial charge in [-0.3, -0.25) is 0 Å². The molecule has 1 aromatic carbocycles. The minimum atomic E-state index is -0.211. The number of nitrogens with zero attached hydrogens (tertiary/aromatic N) is 2. The average Bonchev–Trinajstić information content (AvgIpc) is 2.68. The Balaban J connectivity index is 2.41. The molecule has 0 unspecified atom stereocenters. The van der Waals surface area contributed by atoms with Gasteiger partial charge in [0.05, 0.1) is 11.2 Å². The van der Waals surface area contributed by atoms with Gasteiger partial charge in [-0.05, 0) is 36.8 Å². The van der Waals surface area contributed by atoms with Crippen LogP contribution in [0.5, 0.6) is 0 Å². The maximum atomic E-state index is 12.0. The number of H-pyrrole nitrogens is 1. The summed E-state index contributed by atoms with van der Waals surface area (Å²) in [7, 11) is 0. The monoisotopic (exact) mass is 240 g/mol. The van der Waals surface area contributed by atoms with Gasteiger partial charge in [0, 0.05) is 11.9 Å². The summed E-state index contributed by atoms with van der Waals surface area (Å²) in [5, 5.41) is 0. The molecule has 3 aromatic rings. The number of nitrogens with two attached hydrogens (primary N) is 1. The number of pyridine rings is 1. The van der Waals surface area contributed by atoms with Gasteiger partial charge in [-0.1, -0.05) is 6.07 Å². The van der Waals surface area contributed by atoms with E-state index in [1.807, 2.05) is 25.1 Å². The zero-order valence-corrected chi connectivity index (χ0v) is 9.84. The topological polar surface area (TPSA) is 76.7 Å². The second-order valence-electron chi connectivity index (χ2n) is 4.19. The number of anilines is 1. The minimum absolute atomic E-state index is 0.211. The van der Waals surface area contributed by atoms with Crippen LogP contribution in [0.2, 0.25) is 0 Å². The van der Waals surface area contributed by atoms with Crippen molar-refractivity contribution in [1.82, 2.24) is 14.5 Å². The fraction of sp³-hybridized carbons (Fsp3) is 0.0769. The maximum Gasteiger partial charge on any atom is 0.332 e. The molecule has 5 heteroatoms. The highest BCUT2D eigenvalue weighted by molar-refractivity contribution is 5.73. The Morgan fingerprint density at radius 1 is 1.33 bits per heavy atom. The van der Waals surface area contributed by atoms with Crippen molar-refractivity contribution in [1.29, 1.82) is 0 Å². The first-order chi connectivity index (χ1) is 8.66. The Labute approximate surface area is 103 Å². The molecule has 0 saturated heterocycles. The number of fused-ring (bicyclic) bond motifs is 1. The zero-order valence-electron chi connectivity index (χ0n) is 9.84. The van der Waals surface area contributed by atoms with Gasteiger partial charge in [-0.2, -0.15) is 0 Å². The zero-order chi connectivity index (χ0) is 12.7. The highest BCUT2D eigenvalue weighted by atomic mass is 16.1. The lowest BCUT2D eigenvalue weighted by Crippen LogP contribution is -2.16. The number of hydrogen-bond donors (Lipinski definition) is 2. The van der Waals surface area contributed by atoms with Crippen LogP contribution in [0, 0.1) is 6.92 Å². The summed E-state index contributed by atoms with van der Waals surface area (Å²) in [5.74, 6) is 0. The molecular weight excluding hydrogens is 228 g/mol. The molecule has 5 nitrogen and oxygen atoms in total. The molecule has 18 heavy (non-hydrogen) atoms. The Bertz CT molecular complexity index is 785. The summed E-state index contributed by atoms with van der Waals surface area (Å²) < 4.78 is 1.54. The molecule has 0 fully saturated rings. The molecule has 2 heterocycles. The third-order valence-corrected chi connectivity index (χ3v) is 2.92. The fourth-order valence-corrected chi connectivity index (χ4v) is 2.03. The first-order valence-electron chi connectivity index (χ1n) is 5.59. The van der Waals surface area contributed by atoms with E-state index in [1.165, 1.54) is 0 Å². The third kappa shape index (κ3) is 1.48. The van der Waals surface area contributed by atoms with Crippen molar-refractivity contribution < 1.29 is 0 Å². The lowest BCUT2D eigenvalue weighted by molar-refractivity contribution is 0.989. The van der Waals surface area contributed by atoms with Gasteiger partial charge in [-0.15, -0.1) is 0 Å². The Morgan fingerprint density at radius 2 is 2.17 bits per heavy atom. The number of rotatable bonds is 1. The minimum Gasteiger partial charge on any atom is -0.399 e. The van der Waals surface area contributed by atoms with Crippen LogP contribution in [0.15, 0.2) is 41.3 Å². The molecule has 3 rings (SSSR count). The van der Waals surface area contributed by atoms with Crippen molar-refractivity contribution in [2.75, 3.05) is 5.73 Å². The summed E-state index contributed by atoms with van der Waals surface area (Å²) in [4.78, 5) is 19.0. The van der Waals surface area contributed by atoms with E-state index in [4.69, 9.17) is 5.73 Å². The lowest BCUT2D eigenvalue weighted by atomic mass is 10.2. The predicted molar refractivity (Wildman–Crippen MR) is 70.8 cm³/mol. The molecule has 2 aromatic heterocycles.